The van der Waals surface area contributed by atoms with Crippen LogP contribution in [0.25, 0.3) is 17.1 Å². The number of amidine groups is 1. The molecule has 0 saturated heterocycles. The van der Waals surface area contributed by atoms with Gasteiger partial charge >= 0.3 is 0 Å². The van der Waals surface area contributed by atoms with Gasteiger partial charge in [-0.15, -0.1) is 11.8 Å². The molecule has 2 aromatic carbocycles. The summed E-state index contributed by atoms with van der Waals surface area (Å²) in [6.45, 7) is 0. The van der Waals surface area contributed by atoms with Crippen LogP contribution < -0.4 is 16.4 Å². The van der Waals surface area contributed by atoms with Crippen LogP contribution in [0.3, 0.4) is 0 Å². The summed E-state index contributed by atoms with van der Waals surface area (Å²) in [5.74, 6) is 0.437. The number of aromatic nitrogens is 2. The number of sulfonamides is 1. The van der Waals surface area contributed by atoms with Crippen molar-refractivity contribution in [2.45, 2.75) is 9.92 Å². The SMILES string of the molecule is CN=C(N)c1c(SC)nc(-c2ccc(S(N)(=O)=O)cc2)n(-c2ccccc2)c1=O. The largest absolute Gasteiger partial charge is 0.383 e. The van der Waals surface area contributed by atoms with Gasteiger partial charge in [0.05, 0.1) is 10.6 Å². The first-order chi connectivity index (χ1) is 13.8. The standard InChI is InChI=1S/C19H19N5O3S2/c1-22-16(20)15-18(28-2)23-17(12-8-10-14(11-9-12)29(21,26)27)24(19(15)25)13-6-4-3-5-7-13/h3-11H,1-2H3,(H2,20,22)(H2,21,26,27). The number of benzene rings is 2. The summed E-state index contributed by atoms with van der Waals surface area (Å²) < 4.78 is 24.5. The van der Waals surface area contributed by atoms with Gasteiger partial charge in [-0.3, -0.25) is 14.4 Å². The van der Waals surface area contributed by atoms with Crippen molar-refractivity contribution in [2.75, 3.05) is 13.3 Å². The summed E-state index contributed by atoms with van der Waals surface area (Å²) in [4.78, 5) is 22.0. The zero-order chi connectivity index (χ0) is 21.2. The molecule has 150 valence electrons. The molecule has 0 aliphatic carbocycles. The maximum atomic E-state index is 13.4. The van der Waals surface area contributed by atoms with E-state index < -0.39 is 10.0 Å². The lowest BCUT2D eigenvalue weighted by Gasteiger charge is -2.16. The lowest BCUT2D eigenvalue weighted by atomic mass is 10.2. The zero-order valence-corrected chi connectivity index (χ0v) is 17.4. The van der Waals surface area contributed by atoms with Crippen LogP contribution in [0.5, 0.6) is 0 Å². The molecule has 4 N–H and O–H groups in total. The van der Waals surface area contributed by atoms with Gasteiger partial charge in [0.2, 0.25) is 10.0 Å². The fourth-order valence-corrected chi connectivity index (χ4v) is 3.87. The topological polar surface area (TPSA) is 133 Å². The first kappa shape index (κ1) is 20.8. The summed E-state index contributed by atoms with van der Waals surface area (Å²) in [6, 6.07) is 14.8. The Balaban J connectivity index is 2.37. The molecule has 0 aliphatic rings. The van der Waals surface area contributed by atoms with Crippen molar-refractivity contribution in [2.24, 2.45) is 15.9 Å². The van der Waals surface area contributed by atoms with Crippen molar-refractivity contribution in [1.29, 1.82) is 0 Å². The number of rotatable bonds is 5. The molecular formula is C19H19N5O3S2. The Morgan fingerprint density at radius 1 is 1.10 bits per heavy atom. The van der Waals surface area contributed by atoms with Crippen molar-refractivity contribution in [3.8, 4) is 17.1 Å². The molecule has 29 heavy (non-hydrogen) atoms. The Bertz CT molecular complexity index is 1240. The molecule has 10 heteroatoms. The van der Waals surface area contributed by atoms with Crippen LogP contribution in [-0.2, 0) is 10.0 Å². The van der Waals surface area contributed by atoms with Crippen molar-refractivity contribution >= 4 is 27.6 Å². The minimum absolute atomic E-state index is 0.0288. The highest BCUT2D eigenvalue weighted by Crippen LogP contribution is 2.25. The van der Waals surface area contributed by atoms with Crippen molar-refractivity contribution in [1.82, 2.24) is 9.55 Å². The smallest absolute Gasteiger partial charge is 0.270 e. The molecule has 0 radical (unpaired) electrons. The molecule has 3 aromatic rings. The molecule has 1 heterocycles. The van der Waals surface area contributed by atoms with Crippen LogP contribution in [-0.4, -0.2) is 37.1 Å². The molecule has 8 nitrogen and oxygen atoms in total. The normalized spacial score (nSPS) is 12.2. The van der Waals surface area contributed by atoms with E-state index in [1.165, 1.54) is 35.5 Å². The van der Waals surface area contributed by atoms with Crippen LogP contribution in [0.2, 0.25) is 0 Å². The van der Waals surface area contributed by atoms with E-state index >= 15 is 0 Å². The minimum atomic E-state index is -3.83. The Kier molecular flexibility index (Phi) is 5.87. The third-order valence-electron chi connectivity index (χ3n) is 4.20. The van der Waals surface area contributed by atoms with E-state index in [0.717, 1.165) is 0 Å². The van der Waals surface area contributed by atoms with Crippen molar-refractivity contribution < 1.29 is 8.42 Å². The molecule has 0 spiro atoms. The van der Waals surface area contributed by atoms with E-state index in [2.05, 4.69) is 9.98 Å². The van der Waals surface area contributed by atoms with E-state index in [9.17, 15) is 13.2 Å². The second kappa shape index (κ2) is 8.19. The average molecular weight is 430 g/mol. The first-order valence-corrected chi connectivity index (χ1v) is 11.2. The van der Waals surface area contributed by atoms with Gasteiger partial charge in [0, 0.05) is 12.6 Å². The second-order valence-electron chi connectivity index (χ2n) is 5.97. The molecule has 0 fully saturated rings. The highest BCUT2D eigenvalue weighted by Gasteiger charge is 2.21. The summed E-state index contributed by atoms with van der Waals surface area (Å²) in [5, 5.41) is 5.60. The fourth-order valence-electron chi connectivity index (χ4n) is 2.78. The van der Waals surface area contributed by atoms with Gasteiger partial charge in [0.25, 0.3) is 5.56 Å². The molecule has 0 amide bonds. The quantitative estimate of drug-likeness (QED) is 0.274. The highest BCUT2D eigenvalue weighted by atomic mass is 32.2. The number of nitrogens with two attached hydrogens (primary N) is 2. The first-order valence-electron chi connectivity index (χ1n) is 8.40. The molecule has 0 saturated carbocycles. The third kappa shape index (κ3) is 4.09. The van der Waals surface area contributed by atoms with Crippen LogP contribution in [0.4, 0.5) is 0 Å². The van der Waals surface area contributed by atoms with Gasteiger partial charge in [-0.05, 0) is 42.7 Å². The highest BCUT2D eigenvalue weighted by molar-refractivity contribution is 7.98. The predicted molar refractivity (Wildman–Crippen MR) is 115 cm³/mol. The molecule has 1 aromatic heterocycles. The van der Waals surface area contributed by atoms with E-state index in [4.69, 9.17) is 10.9 Å². The number of thioether (sulfide) groups is 1. The Morgan fingerprint density at radius 2 is 1.72 bits per heavy atom. The van der Waals surface area contributed by atoms with Crippen LogP contribution in [0.15, 0.2) is 74.3 Å². The number of para-hydroxylation sites is 1. The molecule has 0 atom stereocenters. The number of primary sulfonamides is 1. The number of hydrogen-bond donors (Lipinski definition) is 2. The van der Waals surface area contributed by atoms with E-state index in [1.807, 2.05) is 6.07 Å². The molecular weight excluding hydrogens is 410 g/mol. The van der Waals surface area contributed by atoms with Gasteiger partial charge in [-0.1, -0.05) is 18.2 Å². The van der Waals surface area contributed by atoms with Gasteiger partial charge in [0.15, 0.2) is 0 Å². The van der Waals surface area contributed by atoms with Gasteiger partial charge in [-0.25, -0.2) is 18.5 Å². The number of nitrogens with zero attached hydrogens (tertiary/aromatic N) is 3. The van der Waals surface area contributed by atoms with Gasteiger partial charge < -0.3 is 5.73 Å². The Labute approximate surface area is 172 Å². The molecule has 0 bridgehead atoms. The molecule has 3 rings (SSSR count). The van der Waals surface area contributed by atoms with E-state index in [-0.39, 0.29) is 21.9 Å². The van der Waals surface area contributed by atoms with Crippen molar-refractivity contribution in [3.63, 3.8) is 0 Å². The average Bonchev–Trinajstić information content (AvgIpc) is 2.72. The third-order valence-corrected chi connectivity index (χ3v) is 5.81. The second-order valence-corrected chi connectivity index (χ2v) is 8.33. The van der Waals surface area contributed by atoms with E-state index in [1.54, 1.807) is 42.7 Å². The van der Waals surface area contributed by atoms with Crippen LogP contribution in [0, 0.1) is 0 Å². The van der Waals surface area contributed by atoms with Gasteiger partial charge in [0.1, 0.15) is 22.2 Å². The van der Waals surface area contributed by atoms with Crippen LogP contribution >= 0.6 is 11.8 Å². The summed E-state index contributed by atoms with van der Waals surface area (Å²) in [5.41, 5.74) is 6.96. The van der Waals surface area contributed by atoms with Gasteiger partial charge in [-0.2, -0.15) is 0 Å². The Morgan fingerprint density at radius 3 is 2.24 bits per heavy atom. The predicted octanol–water partition coefficient (Wildman–Crippen LogP) is 1.60. The maximum Gasteiger partial charge on any atom is 0.270 e. The maximum absolute atomic E-state index is 13.4. The van der Waals surface area contributed by atoms with Crippen LogP contribution in [0.1, 0.15) is 5.56 Å². The number of hydrogen-bond acceptors (Lipinski definition) is 6. The zero-order valence-electron chi connectivity index (χ0n) is 15.7. The lowest BCUT2D eigenvalue weighted by Crippen LogP contribution is -2.32. The minimum Gasteiger partial charge on any atom is -0.383 e. The summed E-state index contributed by atoms with van der Waals surface area (Å²) >= 11 is 1.27. The molecule has 0 aliphatic heterocycles. The Hall–Kier alpha value is -2.95. The van der Waals surface area contributed by atoms with E-state index in [0.29, 0.717) is 22.1 Å². The molecule has 0 unspecified atom stereocenters. The lowest BCUT2D eigenvalue weighted by molar-refractivity contribution is 0.598. The number of aliphatic imine (C=N–C) groups is 1. The van der Waals surface area contributed by atoms with Crippen molar-refractivity contribution in [3.05, 3.63) is 70.5 Å². The summed E-state index contributed by atoms with van der Waals surface area (Å²) in [7, 11) is -2.33. The fraction of sp³-hybridized carbons (Fsp3) is 0.105. The monoisotopic (exact) mass is 429 g/mol. The summed E-state index contributed by atoms with van der Waals surface area (Å²) in [6.07, 6.45) is 1.79.